The molecule has 5 heteroatoms. The van der Waals surface area contributed by atoms with Crippen molar-refractivity contribution in [1.82, 2.24) is 0 Å². The summed E-state index contributed by atoms with van der Waals surface area (Å²) in [5.41, 5.74) is 1.02. The molecule has 0 fully saturated rings. The zero-order valence-electron chi connectivity index (χ0n) is 10.3. The molecule has 0 saturated heterocycles. The molecule has 0 unspecified atom stereocenters. The van der Waals surface area contributed by atoms with Crippen LogP contribution in [-0.2, 0) is 0 Å². The number of rotatable bonds is 4. The Kier molecular flexibility index (Phi) is 3.87. The lowest BCUT2D eigenvalue weighted by Gasteiger charge is -2.03. The Hall–Kier alpha value is -2.69. The average Bonchev–Trinajstić information content (AvgIpc) is 2.45. The summed E-state index contributed by atoms with van der Waals surface area (Å²) < 4.78 is 4.98. The third-order valence-electron chi connectivity index (χ3n) is 2.53. The maximum absolute atomic E-state index is 11.1. The Morgan fingerprint density at radius 3 is 2.53 bits per heavy atom. The summed E-state index contributed by atoms with van der Waals surface area (Å²) in [6.45, 7) is 0. The highest BCUT2D eigenvalue weighted by Crippen LogP contribution is 2.36. The van der Waals surface area contributed by atoms with Gasteiger partial charge in [0.05, 0.1) is 12.0 Å². The number of hydrogen-bond donors (Lipinski definition) is 0. The van der Waals surface area contributed by atoms with Gasteiger partial charge in [0, 0.05) is 6.21 Å². The normalized spacial score (nSPS) is 10.6. The Bertz CT molecular complexity index is 609. The smallest absolute Gasteiger partial charge is 0.336 e. The van der Waals surface area contributed by atoms with E-state index in [0.717, 1.165) is 5.56 Å². The molecule has 0 heterocycles. The number of hydrogen-bond acceptors (Lipinski definition) is 4. The highest BCUT2D eigenvalue weighted by molar-refractivity contribution is 5.83. The lowest BCUT2D eigenvalue weighted by atomic mass is 10.2. The topological polar surface area (TPSA) is 64.7 Å². The number of nitro groups is 1. The van der Waals surface area contributed by atoms with Gasteiger partial charge in [0.15, 0.2) is 5.75 Å². The zero-order valence-corrected chi connectivity index (χ0v) is 10.3. The van der Waals surface area contributed by atoms with E-state index < -0.39 is 4.92 Å². The van der Waals surface area contributed by atoms with Gasteiger partial charge in [0.25, 0.3) is 0 Å². The third-order valence-corrected chi connectivity index (χ3v) is 2.53. The largest absolute Gasteiger partial charge is 0.490 e. The summed E-state index contributed by atoms with van der Waals surface area (Å²) in [7, 11) is 1.40. The van der Waals surface area contributed by atoms with Crippen LogP contribution < -0.4 is 4.74 Å². The first kappa shape index (κ1) is 12.8. The fraction of sp³-hybridized carbons (Fsp3) is 0.0714. The second kappa shape index (κ2) is 5.77. The van der Waals surface area contributed by atoms with Crippen LogP contribution in [0.5, 0.6) is 5.75 Å². The maximum Gasteiger partial charge on any atom is 0.336 e. The minimum atomic E-state index is -0.490. The Labute approximate surface area is 110 Å². The van der Waals surface area contributed by atoms with E-state index in [1.165, 1.54) is 7.11 Å². The van der Waals surface area contributed by atoms with Crippen LogP contribution in [0.3, 0.4) is 0 Å². The molecule has 96 valence electrons. The van der Waals surface area contributed by atoms with Crippen LogP contribution in [0.4, 0.5) is 11.4 Å². The second-order valence-corrected chi connectivity index (χ2v) is 3.75. The molecule has 19 heavy (non-hydrogen) atoms. The Balaban J connectivity index is 2.40. The van der Waals surface area contributed by atoms with Crippen molar-refractivity contribution in [2.45, 2.75) is 0 Å². The maximum atomic E-state index is 11.1. The average molecular weight is 256 g/mol. The molecule has 0 radical (unpaired) electrons. The highest BCUT2D eigenvalue weighted by atomic mass is 16.6. The predicted octanol–water partition coefficient (Wildman–Crippen LogP) is 3.35. The van der Waals surface area contributed by atoms with Crippen molar-refractivity contribution in [2.24, 2.45) is 4.99 Å². The lowest BCUT2D eigenvalue weighted by Crippen LogP contribution is -1.94. The molecular weight excluding hydrogens is 244 g/mol. The summed E-state index contributed by atoms with van der Waals surface area (Å²) >= 11 is 0. The van der Waals surface area contributed by atoms with Crippen LogP contribution in [0, 0.1) is 10.1 Å². The quantitative estimate of drug-likeness (QED) is 0.478. The molecule has 5 nitrogen and oxygen atoms in total. The molecule has 0 bridgehead atoms. The third kappa shape index (κ3) is 2.95. The second-order valence-electron chi connectivity index (χ2n) is 3.75. The predicted molar refractivity (Wildman–Crippen MR) is 73.3 cm³/mol. The van der Waals surface area contributed by atoms with Crippen molar-refractivity contribution in [3.05, 3.63) is 64.2 Å². The van der Waals surface area contributed by atoms with E-state index in [0.29, 0.717) is 0 Å². The minimum absolute atomic E-state index is 0.128. The van der Waals surface area contributed by atoms with Gasteiger partial charge in [0.1, 0.15) is 5.69 Å². The number of benzene rings is 2. The van der Waals surface area contributed by atoms with E-state index in [-0.39, 0.29) is 17.1 Å². The molecule has 0 aliphatic heterocycles. The molecule has 0 aliphatic rings. The van der Waals surface area contributed by atoms with E-state index in [9.17, 15) is 10.1 Å². The standard InChI is InChI=1S/C14H12N2O3/c1-19-13-9-5-8-12(14(13)16(17)18)15-10-11-6-3-2-4-7-11/h2-10H,1H3. The summed E-state index contributed by atoms with van der Waals surface area (Å²) in [5.74, 6) is 0.202. The minimum Gasteiger partial charge on any atom is -0.490 e. The van der Waals surface area contributed by atoms with Gasteiger partial charge in [-0.3, -0.25) is 10.1 Å². The van der Waals surface area contributed by atoms with E-state index in [2.05, 4.69) is 4.99 Å². The molecular formula is C14H12N2O3. The Morgan fingerprint density at radius 1 is 1.16 bits per heavy atom. The molecule has 0 aliphatic carbocycles. The van der Waals surface area contributed by atoms with Crippen molar-refractivity contribution in [3.8, 4) is 5.75 Å². The van der Waals surface area contributed by atoms with E-state index >= 15 is 0 Å². The first-order chi connectivity index (χ1) is 9.22. The van der Waals surface area contributed by atoms with Gasteiger partial charge < -0.3 is 4.74 Å². The molecule has 2 aromatic rings. The Morgan fingerprint density at radius 2 is 1.89 bits per heavy atom. The molecule has 0 spiro atoms. The van der Waals surface area contributed by atoms with Gasteiger partial charge in [0.2, 0.25) is 0 Å². The van der Waals surface area contributed by atoms with Crippen LogP contribution in [0.15, 0.2) is 53.5 Å². The van der Waals surface area contributed by atoms with Gasteiger partial charge in [-0.1, -0.05) is 36.4 Å². The van der Waals surface area contributed by atoms with E-state index in [1.54, 1.807) is 24.4 Å². The SMILES string of the molecule is COc1cccc(N=Cc2ccccc2)c1[N+](=O)[O-]. The molecule has 0 N–H and O–H groups in total. The van der Waals surface area contributed by atoms with E-state index in [1.807, 2.05) is 30.3 Å². The summed E-state index contributed by atoms with van der Waals surface area (Å²) in [4.78, 5) is 14.7. The summed E-state index contributed by atoms with van der Waals surface area (Å²) in [6.07, 6.45) is 1.59. The summed E-state index contributed by atoms with van der Waals surface area (Å²) in [5, 5.41) is 11.1. The van der Waals surface area contributed by atoms with Crippen molar-refractivity contribution in [2.75, 3.05) is 7.11 Å². The van der Waals surface area contributed by atoms with Crippen LogP contribution in [-0.4, -0.2) is 18.2 Å². The van der Waals surface area contributed by atoms with Crippen molar-refractivity contribution in [1.29, 1.82) is 0 Å². The fourth-order valence-corrected chi connectivity index (χ4v) is 1.65. The lowest BCUT2D eigenvalue weighted by molar-refractivity contribution is -0.384. The van der Waals surface area contributed by atoms with Crippen LogP contribution >= 0.6 is 0 Å². The number of aliphatic imine (C=N–C) groups is 1. The van der Waals surface area contributed by atoms with Crippen molar-refractivity contribution >= 4 is 17.6 Å². The van der Waals surface area contributed by atoms with Crippen LogP contribution in [0.1, 0.15) is 5.56 Å². The van der Waals surface area contributed by atoms with Gasteiger partial charge in [-0.2, -0.15) is 0 Å². The van der Waals surface area contributed by atoms with Crippen LogP contribution in [0.25, 0.3) is 0 Å². The molecule has 0 amide bonds. The fourth-order valence-electron chi connectivity index (χ4n) is 1.65. The van der Waals surface area contributed by atoms with Gasteiger partial charge in [-0.15, -0.1) is 0 Å². The molecule has 0 atom stereocenters. The molecule has 0 saturated carbocycles. The number of ether oxygens (including phenoxy) is 1. The van der Waals surface area contributed by atoms with Crippen molar-refractivity contribution in [3.63, 3.8) is 0 Å². The van der Waals surface area contributed by atoms with Crippen LogP contribution in [0.2, 0.25) is 0 Å². The first-order valence-electron chi connectivity index (χ1n) is 5.63. The van der Waals surface area contributed by atoms with Gasteiger partial charge >= 0.3 is 5.69 Å². The molecule has 2 rings (SSSR count). The van der Waals surface area contributed by atoms with Gasteiger partial charge in [-0.05, 0) is 17.7 Å². The van der Waals surface area contributed by atoms with E-state index in [4.69, 9.17) is 4.74 Å². The number of nitrogens with zero attached hydrogens (tertiary/aromatic N) is 2. The number of nitro benzene ring substituents is 1. The van der Waals surface area contributed by atoms with Crippen molar-refractivity contribution < 1.29 is 9.66 Å². The first-order valence-corrected chi connectivity index (χ1v) is 5.63. The number of para-hydroxylation sites is 1. The highest BCUT2D eigenvalue weighted by Gasteiger charge is 2.19. The molecule has 0 aromatic heterocycles. The molecule has 2 aromatic carbocycles. The monoisotopic (exact) mass is 256 g/mol. The zero-order chi connectivity index (χ0) is 13.7. The summed E-state index contributed by atoms with van der Waals surface area (Å²) in [6, 6.07) is 14.2. The van der Waals surface area contributed by atoms with Gasteiger partial charge in [-0.25, -0.2) is 4.99 Å². The number of methoxy groups -OCH3 is 1.